The van der Waals surface area contributed by atoms with E-state index in [1.807, 2.05) is 16.5 Å². The maximum absolute atomic E-state index is 12.6. The summed E-state index contributed by atoms with van der Waals surface area (Å²) in [6.07, 6.45) is 8.40. The molecule has 0 aliphatic carbocycles. The summed E-state index contributed by atoms with van der Waals surface area (Å²) in [4.78, 5) is 21.3. The van der Waals surface area contributed by atoms with Crippen molar-refractivity contribution in [3.63, 3.8) is 0 Å². The Kier molecular flexibility index (Phi) is 4.81. The molecular weight excluding hydrogens is 276 g/mol. The molecule has 1 aromatic rings. The Morgan fingerprint density at radius 2 is 2.05 bits per heavy atom. The summed E-state index contributed by atoms with van der Waals surface area (Å²) in [6.45, 7) is 7.75. The molecule has 0 aromatic carbocycles. The average Bonchev–Trinajstić information content (AvgIpc) is 2.95. The standard InChI is InChI=1S/C17H28N4O/c1-14-5-8-20(9-6-14)11-15-4-3-7-21(12-15)17(22)16-10-18-13-19(16)2/h10,13-15H,3-9,11-12H2,1-2H3/t15-/m0/s1. The lowest BCUT2D eigenvalue weighted by Gasteiger charge is -2.37. The molecule has 1 amide bonds. The number of aryl methyl sites for hydroxylation is 1. The van der Waals surface area contributed by atoms with Crippen LogP contribution in [-0.2, 0) is 7.05 Å². The van der Waals surface area contributed by atoms with Crippen molar-refractivity contribution in [1.82, 2.24) is 19.4 Å². The van der Waals surface area contributed by atoms with E-state index in [0.29, 0.717) is 11.6 Å². The van der Waals surface area contributed by atoms with Crippen molar-refractivity contribution in [2.45, 2.75) is 32.6 Å². The monoisotopic (exact) mass is 304 g/mol. The fraction of sp³-hybridized carbons (Fsp3) is 0.765. The van der Waals surface area contributed by atoms with E-state index in [1.165, 1.54) is 32.4 Å². The van der Waals surface area contributed by atoms with Gasteiger partial charge < -0.3 is 14.4 Å². The van der Waals surface area contributed by atoms with Gasteiger partial charge in [0.15, 0.2) is 0 Å². The largest absolute Gasteiger partial charge is 0.337 e. The summed E-state index contributed by atoms with van der Waals surface area (Å²) in [5, 5.41) is 0. The van der Waals surface area contributed by atoms with Gasteiger partial charge in [-0.15, -0.1) is 0 Å². The van der Waals surface area contributed by atoms with Crippen molar-refractivity contribution >= 4 is 5.91 Å². The number of likely N-dealkylation sites (tertiary alicyclic amines) is 2. The van der Waals surface area contributed by atoms with E-state index in [4.69, 9.17) is 0 Å². The van der Waals surface area contributed by atoms with Crippen molar-refractivity contribution in [1.29, 1.82) is 0 Å². The van der Waals surface area contributed by atoms with Crippen LogP contribution in [0.5, 0.6) is 0 Å². The van der Waals surface area contributed by atoms with Gasteiger partial charge in [0, 0.05) is 26.7 Å². The number of imidazole rings is 1. The molecule has 2 fully saturated rings. The molecule has 0 radical (unpaired) electrons. The minimum absolute atomic E-state index is 0.136. The number of hydrogen-bond acceptors (Lipinski definition) is 3. The summed E-state index contributed by atoms with van der Waals surface area (Å²) >= 11 is 0. The van der Waals surface area contributed by atoms with Gasteiger partial charge in [-0.1, -0.05) is 6.92 Å². The molecule has 1 atom stereocenters. The van der Waals surface area contributed by atoms with E-state index in [1.54, 1.807) is 12.5 Å². The quantitative estimate of drug-likeness (QED) is 0.858. The predicted octanol–water partition coefficient (Wildman–Crippen LogP) is 2.00. The average molecular weight is 304 g/mol. The number of carbonyl (C=O) groups excluding carboxylic acids is 1. The highest BCUT2D eigenvalue weighted by Gasteiger charge is 2.27. The third kappa shape index (κ3) is 3.51. The molecule has 0 N–H and O–H groups in total. The van der Waals surface area contributed by atoms with Crippen molar-refractivity contribution in [3.05, 3.63) is 18.2 Å². The summed E-state index contributed by atoms with van der Waals surface area (Å²) in [7, 11) is 1.89. The SMILES string of the molecule is CC1CCN(C[C@@H]2CCCN(C(=O)c3cncn3C)C2)CC1. The number of rotatable bonds is 3. The summed E-state index contributed by atoms with van der Waals surface area (Å²) in [5.41, 5.74) is 0.701. The molecule has 2 aliphatic rings. The fourth-order valence-corrected chi connectivity index (χ4v) is 3.73. The number of carbonyl (C=O) groups is 1. The van der Waals surface area contributed by atoms with Crippen LogP contribution in [-0.4, -0.2) is 58.0 Å². The molecule has 0 saturated carbocycles. The van der Waals surface area contributed by atoms with E-state index >= 15 is 0 Å². The van der Waals surface area contributed by atoms with E-state index in [0.717, 1.165) is 32.0 Å². The smallest absolute Gasteiger partial charge is 0.272 e. The van der Waals surface area contributed by atoms with Gasteiger partial charge in [-0.25, -0.2) is 4.98 Å². The molecule has 0 spiro atoms. The Hall–Kier alpha value is -1.36. The molecule has 0 bridgehead atoms. The zero-order valence-corrected chi connectivity index (χ0v) is 13.9. The molecule has 5 nitrogen and oxygen atoms in total. The lowest BCUT2D eigenvalue weighted by Crippen LogP contribution is -2.45. The molecule has 2 saturated heterocycles. The molecule has 2 aliphatic heterocycles. The minimum Gasteiger partial charge on any atom is -0.337 e. The summed E-state index contributed by atoms with van der Waals surface area (Å²) in [6, 6.07) is 0. The second-order valence-electron chi connectivity index (χ2n) is 7.13. The lowest BCUT2D eigenvalue weighted by atomic mass is 9.94. The maximum atomic E-state index is 12.6. The van der Waals surface area contributed by atoms with Crippen LogP contribution < -0.4 is 0 Å². The number of nitrogens with zero attached hydrogens (tertiary/aromatic N) is 4. The number of piperidine rings is 2. The second kappa shape index (κ2) is 6.82. The highest BCUT2D eigenvalue weighted by molar-refractivity contribution is 5.92. The highest BCUT2D eigenvalue weighted by atomic mass is 16.2. The zero-order valence-electron chi connectivity index (χ0n) is 13.9. The molecular formula is C17H28N4O. The molecule has 3 rings (SSSR count). The first-order chi connectivity index (χ1) is 10.6. The molecule has 22 heavy (non-hydrogen) atoms. The molecule has 3 heterocycles. The van der Waals surface area contributed by atoms with Crippen molar-refractivity contribution in [2.24, 2.45) is 18.9 Å². The maximum Gasteiger partial charge on any atom is 0.272 e. The van der Waals surface area contributed by atoms with Gasteiger partial charge in [0.2, 0.25) is 0 Å². The number of amides is 1. The third-order valence-electron chi connectivity index (χ3n) is 5.23. The van der Waals surface area contributed by atoms with Gasteiger partial charge in [-0.05, 0) is 50.6 Å². The van der Waals surface area contributed by atoms with E-state index in [2.05, 4.69) is 16.8 Å². The van der Waals surface area contributed by atoms with Gasteiger partial charge >= 0.3 is 0 Å². The Balaban J connectivity index is 1.55. The van der Waals surface area contributed by atoms with Crippen molar-refractivity contribution < 1.29 is 4.79 Å². The topological polar surface area (TPSA) is 41.4 Å². The first kappa shape index (κ1) is 15.5. The molecule has 5 heteroatoms. The van der Waals surface area contributed by atoms with E-state index < -0.39 is 0 Å². The molecule has 0 unspecified atom stereocenters. The van der Waals surface area contributed by atoms with E-state index in [9.17, 15) is 4.79 Å². The van der Waals surface area contributed by atoms with Crippen LogP contribution in [0, 0.1) is 11.8 Å². The van der Waals surface area contributed by atoms with Crippen LogP contribution in [0.1, 0.15) is 43.1 Å². The van der Waals surface area contributed by atoms with Gasteiger partial charge in [-0.3, -0.25) is 4.79 Å². The lowest BCUT2D eigenvalue weighted by molar-refractivity contribution is 0.0613. The Morgan fingerprint density at radius 3 is 2.73 bits per heavy atom. The number of hydrogen-bond donors (Lipinski definition) is 0. The van der Waals surface area contributed by atoms with Crippen LogP contribution in [0.25, 0.3) is 0 Å². The predicted molar refractivity (Wildman–Crippen MR) is 86.7 cm³/mol. The highest BCUT2D eigenvalue weighted by Crippen LogP contribution is 2.22. The fourth-order valence-electron chi connectivity index (χ4n) is 3.73. The van der Waals surface area contributed by atoms with Gasteiger partial charge in [0.05, 0.1) is 12.5 Å². The third-order valence-corrected chi connectivity index (χ3v) is 5.23. The first-order valence-corrected chi connectivity index (χ1v) is 8.61. The van der Waals surface area contributed by atoms with Crippen LogP contribution >= 0.6 is 0 Å². The van der Waals surface area contributed by atoms with Crippen molar-refractivity contribution in [2.75, 3.05) is 32.7 Å². The number of aromatic nitrogens is 2. The van der Waals surface area contributed by atoms with Gasteiger partial charge in [0.1, 0.15) is 5.69 Å². The summed E-state index contributed by atoms with van der Waals surface area (Å²) in [5.74, 6) is 1.64. The Labute approximate surface area is 133 Å². The normalized spacial score (nSPS) is 24.6. The first-order valence-electron chi connectivity index (χ1n) is 8.61. The minimum atomic E-state index is 0.136. The van der Waals surface area contributed by atoms with Crippen LogP contribution in [0.2, 0.25) is 0 Å². The summed E-state index contributed by atoms with van der Waals surface area (Å²) < 4.78 is 1.82. The molecule has 1 aromatic heterocycles. The van der Waals surface area contributed by atoms with Crippen LogP contribution in [0.15, 0.2) is 12.5 Å². The molecule has 122 valence electrons. The van der Waals surface area contributed by atoms with Gasteiger partial charge in [-0.2, -0.15) is 0 Å². The Morgan fingerprint density at radius 1 is 1.27 bits per heavy atom. The van der Waals surface area contributed by atoms with E-state index in [-0.39, 0.29) is 5.91 Å². The zero-order chi connectivity index (χ0) is 15.5. The van der Waals surface area contributed by atoms with Crippen LogP contribution in [0.4, 0.5) is 0 Å². The van der Waals surface area contributed by atoms with Crippen LogP contribution in [0.3, 0.4) is 0 Å². The van der Waals surface area contributed by atoms with Gasteiger partial charge in [0.25, 0.3) is 5.91 Å². The Bertz CT molecular complexity index is 505. The second-order valence-corrected chi connectivity index (χ2v) is 7.13. The van der Waals surface area contributed by atoms with Crippen molar-refractivity contribution in [3.8, 4) is 0 Å².